The van der Waals surface area contributed by atoms with Crippen molar-refractivity contribution < 1.29 is 14.6 Å². The van der Waals surface area contributed by atoms with Crippen LogP contribution in [0.4, 0.5) is 0 Å². The molecule has 13 heavy (non-hydrogen) atoms. The maximum atomic E-state index is 11.3. The molecule has 3 nitrogen and oxygen atoms in total. The number of hydrogen-bond donors (Lipinski definition) is 1. The van der Waals surface area contributed by atoms with E-state index in [1.165, 1.54) is 6.42 Å². The van der Waals surface area contributed by atoms with Crippen LogP contribution in [0.5, 0.6) is 0 Å². The van der Waals surface area contributed by atoms with Crippen LogP contribution in [-0.4, -0.2) is 23.8 Å². The van der Waals surface area contributed by atoms with Gasteiger partial charge in [-0.1, -0.05) is 6.42 Å². The monoisotopic (exact) mass is 186 g/mol. The van der Waals surface area contributed by atoms with Crippen molar-refractivity contribution >= 4 is 5.97 Å². The summed E-state index contributed by atoms with van der Waals surface area (Å²) in [7, 11) is 0. The summed E-state index contributed by atoms with van der Waals surface area (Å²) in [5.41, 5.74) is 0. The van der Waals surface area contributed by atoms with Gasteiger partial charge >= 0.3 is 5.97 Å². The van der Waals surface area contributed by atoms with E-state index in [2.05, 4.69) is 0 Å². The van der Waals surface area contributed by atoms with Crippen LogP contribution in [0.3, 0.4) is 0 Å². The number of ether oxygens (including phenoxy) is 1. The summed E-state index contributed by atoms with van der Waals surface area (Å²) >= 11 is 0. The highest BCUT2D eigenvalue weighted by Gasteiger charge is 2.20. The zero-order chi connectivity index (χ0) is 9.68. The molecule has 0 unspecified atom stereocenters. The molecule has 1 rings (SSSR count). The molecule has 0 heterocycles. The number of carbonyl (C=O) groups is 1. The zero-order valence-electron chi connectivity index (χ0n) is 8.16. The lowest BCUT2D eigenvalue weighted by atomic mass is 9.98. The van der Waals surface area contributed by atoms with E-state index in [0.717, 1.165) is 25.7 Å². The fraction of sp³-hybridized carbons (Fsp3) is 0.900. The Bertz CT molecular complexity index is 162. The van der Waals surface area contributed by atoms with Gasteiger partial charge in [-0.15, -0.1) is 0 Å². The third kappa shape index (κ3) is 3.35. The summed E-state index contributed by atoms with van der Waals surface area (Å²) in [5, 5.41) is 8.73. The van der Waals surface area contributed by atoms with Gasteiger partial charge in [0.05, 0.1) is 12.5 Å². The third-order valence-corrected chi connectivity index (χ3v) is 2.51. The minimum atomic E-state index is -0.373. The molecular weight excluding hydrogens is 168 g/mol. The van der Waals surface area contributed by atoms with E-state index in [1.807, 2.05) is 0 Å². The number of aliphatic hydroxyl groups excluding tert-OH is 1. The lowest BCUT2D eigenvalue weighted by Gasteiger charge is -2.22. The van der Waals surface area contributed by atoms with Crippen LogP contribution in [0.1, 0.15) is 39.0 Å². The Hall–Kier alpha value is -0.570. The largest absolute Gasteiger partial charge is 0.462 e. The van der Waals surface area contributed by atoms with Gasteiger partial charge in [0.25, 0.3) is 0 Å². The average molecular weight is 186 g/mol. The number of aliphatic hydroxyl groups is 1. The van der Waals surface area contributed by atoms with E-state index in [4.69, 9.17) is 9.84 Å². The van der Waals surface area contributed by atoms with E-state index in [0.29, 0.717) is 0 Å². The van der Waals surface area contributed by atoms with Crippen molar-refractivity contribution in [3.05, 3.63) is 0 Å². The Morgan fingerprint density at radius 1 is 1.46 bits per heavy atom. The van der Waals surface area contributed by atoms with Crippen LogP contribution in [0.15, 0.2) is 0 Å². The molecule has 1 N–H and O–H groups in total. The molecule has 1 fully saturated rings. The van der Waals surface area contributed by atoms with Gasteiger partial charge in [-0.25, -0.2) is 0 Å². The molecule has 0 spiro atoms. The summed E-state index contributed by atoms with van der Waals surface area (Å²) in [6.45, 7) is 1.57. The van der Waals surface area contributed by atoms with Crippen LogP contribution in [0, 0.1) is 5.92 Å². The smallest absolute Gasteiger partial charge is 0.311 e. The van der Waals surface area contributed by atoms with Crippen LogP contribution in [-0.2, 0) is 9.53 Å². The molecule has 0 saturated heterocycles. The number of carbonyl (C=O) groups excluding carboxylic acids is 1. The molecule has 1 aliphatic carbocycles. The van der Waals surface area contributed by atoms with Gasteiger partial charge in [-0.05, 0) is 32.6 Å². The second-order valence-corrected chi connectivity index (χ2v) is 3.78. The average Bonchev–Trinajstić information content (AvgIpc) is 2.18. The molecule has 1 saturated carbocycles. The van der Waals surface area contributed by atoms with Gasteiger partial charge in [-0.3, -0.25) is 4.79 Å². The Balaban J connectivity index is 2.26. The second-order valence-electron chi connectivity index (χ2n) is 3.78. The molecule has 76 valence electrons. The standard InChI is InChI=1S/C10H18O3/c1-8(7-11)10(12)13-9-5-3-2-4-6-9/h8-9,11H,2-7H2,1H3/t8-/m1/s1. The van der Waals surface area contributed by atoms with E-state index in [-0.39, 0.29) is 24.6 Å². The minimum Gasteiger partial charge on any atom is -0.462 e. The molecule has 0 radical (unpaired) electrons. The summed E-state index contributed by atoms with van der Waals surface area (Å²) in [5.74, 6) is -0.628. The Kier molecular flexibility index (Phi) is 4.22. The summed E-state index contributed by atoms with van der Waals surface area (Å²) in [6.07, 6.45) is 5.66. The Morgan fingerprint density at radius 3 is 2.62 bits per heavy atom. The van der Waals surface area contributed by atoms with E-state index >= 15 is 0 Å². The van der Waals surface area contributed by atoms with Gasteiger partial charge in [0.2, 0.25) is 0 Å². The van der Waals surface area contributed by atoms with Crippen LogP contribution < -0.4 is 0 Å². The molecular formula is C10H18O3. The molecule has 0 aromatic rings. The van der Waals surface area contributed by atoms with Crippen molar-refractivity contribution in [2.75, 3.05) is 6.61 Å². The topological polar surface area (TPSA) is 46.5 Å². The Morgan fingerprint density at radius 2 is 2.08 bits per heavy atom. The first-order valence-electron chi connectivity index (χ1n) is 5.05. The lowest BCUT2D eigenvalue weighted by Crippen LogP contribution is -2.26. The molecule has 0 aromatic heterocycles. The fourth-order valence-corrected chi connectivity index (χ4v) is 1.54. The van der Waals surface area contributed by atoms with Crippen LogP contribution >= 0.6 is 0 Å². The first kappa shape index (κ1) is 10.5. The van der Waals surface area contributed by atoms with Gasteiger partial charge in [0, 0.05) is 0 Å². The van der Waals surface area contributed by atoms with Crippen molar-refractivity contribution in [2.24, 2.45) is 5.92 Å². The van der Waals surface area contributed by atoms with Crippen molar-refractivity contribution in [2.45, 2.75) is 45.1 Å². The van der Waals surface area contributed by atoms with Crippen molar-refractivity contribution in [3.8, 4) is 0 Å². The van der Waals surface area contributed by atoms with E-state index < -0.39 is 0 Å². The van der Waals surface area contributed by atoms with Crippen LogP contribution in [0.2, 0.25) is 0 Å². The van der Waals surface area contributed by atoms with Gasteiger partial charge < -0.3 is 9.84 Å². The van der Waals surface area contributed by atoms with E-state index in [1.54, 1.807) is 6.92 Å². The predicted molar refractivity (Wildman–Crippen MR) is 49.2 cm³/mol. The molecule has 1 atom stereocenters. The highest BCUT2D eigenvalue weighted by Crippen LogP contribution is 2.21. The molecule has 0 aromatic carbocycles. The normalized spacial score (nSPS) is 21.1. The molecule has 0 aliphatic heterocycles. The Labute approximate surface area is 79.1 Å². The highest BCUT2D eigenvalue weighted by atomic mass is 16.5. The number of hydrogen-bond acceptors (Lipinski definition) is 3. The number of esters is 1. The molecule has 0 amide bonds. The fourth-order valence-electron chi connectivity index (χ4n) is 1.54. The van der Waals surface area contributed by atoms with Crippen molar-refractivity contribution in [1.82, 2.24) is 0 Å². The number of rotatable bonds is 3. The lowest BCUT2D eigenvalue weighted by molar-refractivity contribution is -0.156. The summed E-state index contributed by atoms with van der Waals surface area (Å²) in [4.78, 5) is 11.3. The van der Waals surface area contributed by atoms with Crippen LogP contribution in [0.25, 0.3) is 0 Å². The van der Waals surface area contributed by atoms with Gasteiger partial charge in [0.15, 0.2) is 0 Å². The predicted octanol–water partition coefficient (Wildman–Crippen LogP) is 1.49. The maximum Gasteiger partial charge on any atom is 0.311 e. The first-order chi connectivity index (χ1) is 6.24. The van der Waals surface area contributed by atoms with Crippen molar-refractivity contribution in [1.29, 1.82) is 0 Å². The van der Waals surface area contributed by atoms with Gasteiger partial charge in [0.1, 0.15) is 6.10 Å². The minimum absolute atomic E-state index is 0.107. The summed E-state index contributed by atoms with van der Waals surface area (Å²) in [6, 6.07) is 0. The van der Waals surface area contributed by atoms with Crippen molar-refractivity contribution in [3.63, 3.8) is 0 Å². The van der Waals surface area contributed by atoms with Gasteiger partial charge in [-0.2, -0.15) is 0 Å². The molecule has 3 heteroatoms. The quantitative estimate of drug-likeness (QED) is 0.679. The maximum absolute atomic E-state index is 11.3. The molecule has 1 aliphatic rings. The van der Waals surface area contributed by atoms with E-state index in [9.17, 15) is 4.79 Å². The first-order valence-corrected chi connectivity index (χ1v) is 5.05. The highest BCUT2D eigenvalue weighted by molar-refractivity contribution is 5.72. The zero-order valence-corrected chi connectivity index (χ0v) is 8.16. The SMILES string of the molecule is C[C@H](CO)C(=O)OC1CCCCC1. The second kappa shape index (κ2) is 5.22. The summed E-state index contributed by atoms with van der Waals surface area (Å²) < 4.78 is 5.25. The molecule has 0 bridgehead atoms. The third-order valence-electron chi connectivity index (χ3n) is 2.51.